The van der Waals surface area contributed by atoms with Gasteiger partial charge in [-0.15, -0.1) is 0 Å². The van der Waals surface area contributed by atoms with Crippen LogP contribution in [0.15, 0.2) is 4.79 Å². The second-order valence-corrected chi connectivity index (χ2v) is 7.06. The first-order valence-corrected chi connectivity index (χ1v) is 8.64. The number of halogens is 3. The van der Waals surface area contributed by atoms with Gasteiger partial charge in [-0.1, -0.05) is 26.2 Å². The number of aryl methyl sites for hydroxylation is 1. The fraction of sp³-hybridized carbons (Fsp3) is 0.765. The zero-order valence-corrected chi connectivity index (χ0v) is 13.9. The highest BCUT2D eigenvalue weighted by Crippen LogP contribution is 2.33. The monoisotopic (exact) mass is 344 g/mol. The quantitative estimate of drug-likeness (QED) is 0.842. The van der Waals surface area contributed by atoms with Crippen molar-refractivity contribution in [1.82, 2.24) is 9.78 Å². The van der Waals surface area contributed by atoms with Crippen LogP contribution in [0.25, 0.3) is 0 Å². The van der Waals surface area contributed by atoms with Crippen LogP contribution in [0.3, 0.4) is 0 Å². The number of nitrogens with zero attached hydrogens (tertiary/aromatic N) is 2. The Kier molecular flexibility index (Phi) is 4.99. The number of aromatic nitrogens is 2. The molecule has 1 fully saturated rings. The summed E-state index contributed by atoms with van der Waals surface area (Å²) in [4.78, 5) is 12.4. The van der Waals surface area contributed by atoms with E-state index in [1.807, 2.05) is 0 Å². The van der Waals surface area contributed by atoms with Gasteiger partial charge in [0.1, 0.15) is 5.56 Å². The zero-order valence-electron chi connectivity index (χ0n) is 13.9. The predicted octanol–water partition coefficient (Wildman–Crippen LogP) is 3.55. The van der Waals surface area contributed by atoms with Crippen molar-refractivity contribution < 1.29 is 17.9 Å². The Morgan fingerprint density at radius 2 is 2.12 bits per heavy atom. The highest BCUT2D eigenvalue weighted by molar-refractivity contribution is 5.31. The third kappa shape index (κ3) is 3.66. The first kappa shape index (κ1) is 17.5. The van der Waals surface area contributed by atoms with E-state index in [-0.39, 0.29) is 37.4 Å². The second-order valence-electron chi connectivity index (χ2n) is 7.06. The molecular weight excluding hydrogens is 321 g/mol. The van der Waals surface area contributed by atoms with E-state index < -0.39 is 17.3 Å². The van der Waals surface area contributed by atoms with Crippen LogP contribution in [0.4, 0.5) is 13.2 Å². The number of fused-ring (bicyclic) bond motifs is 1. The molecule has 0 spiro atoms. The molecule has 1 saturated carbocycles. The molecule has 2 unspecified atom stereocenters. The van der Waals surface area contributed by atoms with Crippen molar-refractivity contribution in [1.29, 1.82) is 0 Å². The van der Waals surface area contributed by atoms with Crippen LogP contribution in [0.5, 0.6) is 0 Å². The van der Waals surface area contributed by atoms with Gasteiger partial charge in [0.25, 0.3) is 5.56 Å². The summed E-state index contributed by atoms with van der Waals surface area (Å²) in [6, 6.07) is 0. The SMILES string of the molecule is CC1CCCC(CCn2nc3c(c(C(F)(F)F)c2=O)CCOC3)C1. The number of ether oxygens (including phenoxy) is 1. The highest BCUT2D eigenvalue weighted by atomic mass is 19.4. The number of hydrogen-bond acceptors (Lipinski definition) is 3. The van der Waals surface area contributed by atoms with Gasteiger partial charge in [0.05, 0.1) is 18.9 Å². The van der Waals surface area contributed by atoms with Crippen LogP contribution in [-0.2, 0) is 30.5 Å². The summed E-state index contributed by atoms with van der Waals surface area (Å²) >= 11 is 0. The van der Waals surface area contributed by atoms with Crippen molar-refractivity contribution in [2.24, 2.45) is 11.8 Å². The molecule has 4 nitrogen and oxygen atoms in total. The Bertz CT molecular complexity index is 654. The molecule has 2 aliphatic rings. The average Bonchev–Trinajstić information content (AvgIpc) is 2.51. The summed E-state index contributed by atoms with van der Waals surface area (Å²) in [6.45, 7) is 2.68. The van der Waals surface area contributed by atoms with Gasteiger partial charge in [-0.05, 0) is 36.7 Å². The third-order valence-electron chi connectivity index (χ3n) is 5.15. The summed E-state index contributed by atoms with van der Waals surface area (Å²) < 4.78 is 46.4. The third-order valence-corrected chi connectivity index (χ3v) is 5.15. The van der Waals surface area contributed by atoms with Gasteiger partial charge in [-0.3, -0.25) is 4.79 Å². The Labute approximate surface area is 139 Å². The molecule has 1 aromatic heterocycles. The lowest BCUT2D eigenvalue weighted by Crippen LogP contribution is -2.36. The standard InChI is InChI=1S/C17H23F3N2O2/c1-11-3-2-4-12(9-11)5-7-22-16(23)15(17(18,19)20)13-6-8-24-10-14(13)21-22/h11-12H,2-10H2,1H3. The Morgan fingerprint density at radius 3 is 2.83 bits per heavy atom. The maximum Gasteiger partial charge on any atom is 0.422 e. The maximum atomic E-state index is 13.4. The molecule has 134 valence electrons. The first-order chi connectivity index (χ1) is 11.4. The Morgan fingerprint density at radius 1 is 1.33 bits per heavy atom. The molecule has 0 bridgehead atoms. The number of alkyl halides is 3. The summed E-state index contributed by atoms with van der Waals surface area (Å²) in [5.74, 6) is 1.11. The Balaban J connectivity index is 1.86. The van der Waals surface area contributed by atoms with Crippen molar-refractivity contribution in [3.05, 3.63) is 27.2 Å². The van der Waals surface area contributed by atoms with Crippen molar-refractivity contribution in [2.75, 3.05) is 6.61 Å². The topological polar surface area (TPSA) is 44.1 Å². The van der Waals surface area contributed by atoms with Gasteiger partial charge in [0.15, 0.2) is 0 Å². The first-order valence-electron chi connectivity index (χ1n) is 8.64. The van der Waals surface area contributed by atoms with Gasteiger partial charge < -0.3 is 4.74 Å². The van der Waals surface area contributed by atoms with Crippen LogP contribution in [-0.4, -0.2) is 16.4 Å². The average molecular weight is 344 g/mol. The predicted molar refractivity (Wildman–Crippen MR) is 82.6 cm³/mol. The minimum atomic E-state index is -4.65. The van der Waals surface area contributed by atoms with Gasteiger partial charge in [0, 0.05) is 6.54 Å². The molecule has 0 amide bonds. The van der Waals surface area contributed by atoms with Crippen LogP contribution in [0.2, 0.25) is 0 Å². The lowest BCUT2D eigenvalue weighted by Gasteiger charge is -2.27. The van der Waals surface area contributed by atoms with E-state index in [4.69, 9.17) is 4.74 Å². The number of rotatable bonds is 3. The van der Waals surface area contributed by atoms with E-state index in [2.05, 4.69) is 12.0 Å². The molecule has 2 heterocycles. The van der Waals surface area contributed by atoms with Crippen LogP contribution >= 0.6 is 0 Å². The highest BCUT2D eigenvalue weighted by Gasteiger charge is 2.39. The van der Waals surface area contributed by atoms with E-state index in [9.17, 15) is 18.0 Å². The van der Waals surface area contributed by atoms with Crippen molar-refractivity contribution in [3.8, 4) is 0 Å². The minimum absolute atomic E-state index is 0.0151. The molecule has 1 aliphatic carbocycles. The summed E-state index contributed by atoms with van der Waals surface area (Å²) in [5.41, 5.74) is -1.79. The smallest absolute Gasteiger partial charge is 0.375 e. The van der Waals surface area contributed by atoms with Gasteiger partial charge in [-0.2, -0.15) is 18.3 Å². The maximum absolute atomic E-state index is 13.4. The zero-order chi connectivity index (χ0) is 17.3. The van der Waals surface area contributed by atoms with Crippen molar-refractivity contribution >= 4 is 0 Å². The molecule has 3 rings (SSSR count). The van der Waals surface area contributed by atoms with Crippen molar-refractivity contribution in [3.63, 3.8) is 0 Å². The minimum Gasteiger partial charge on any atom is -0.375 e. The molecule has 1 aromatic rings. The van der Waals surface area contributed by atoms with Gasteiger partial charge >= 0.3 is 6.18 Å². The van der Waals surface area contributed by atoms with E-state index in [1.54, 1.807) is 0 Å². The molecule has 0 aromatic carbocycles. The normalized spacial score (nSPS) is 24.7. The summed E-state index contributed by atoms with van der Waals surface area (Å²) in [5, 5.41) is 4.17. The summed E-state index contributed by atoms with van der Waals surface area (Å²) in [6.07, 6.45) is 0.668. The second kappa shape index (κ2) is 6.86. The van der Waals surface area contributed by atoms with E-state index in [0.717, 1.165) is 23.9 Å². The molecule has 2 atom stereocenters. The molecule has 0 radical (unpaired) electrons. The number of hydrogen-bond donors (Lipinski definition) is 0. The molecule has 7 heteroatoms. The van der Waals surface area contributed by atoms with Crippen LogP contribution in [0.1, 0.15) is 55.8 Å². The summed E-state index contributed by atoms with van der Waals surface area (Å²) in [7, 11) is 0. The van der Waals surface area contributed by atoms with E-state index >= 15 is 0 Å². The van der Waals surface area contributed by atoms with Gasteiger partial charge in [-0.25, -0.2) is 4.68 Å². The molecule has 0 saturated heterocycles. The van der Waals surface area contributed by atoms with Crippen LogP contribution in [0, 0.1) is 11.8 Å². The fourth-order valence-electron chi connectivity index (χ4n) is 3.95. The molecule has 0 N–H and O–H groups in total. The fourth-order valence-corrected chi connectivity index (χ4v) is 3.95. The van der Waals surface area contributed by atoms with Crippen LogP contribution < -0.4 is 5.56 Å². The van der Waals surface area contributed by atoms with Crippen molar-refractivity contribution in [2.45, 2.75) is 64.8 Å². The van der Waals surface area contributed by atoms with Gasteiger partial charge in [0.2, 0.25) is 0 Å². The Hall–Kier alpha value is -1.37. The molecule has 1 aliphatic heterocycles. The molecule has 24 heavy (non-hydrogen) atoms. The van der Waals surface area contributed by atoms with E-state index in [1.165, 1.54) is 6.42 Å². The molecular formula is C17H23F3N2O2. The van der Waals surface area contributed by atoms with E-state index in [0.29, 0.717) is 18.3 Å². The largest absolute Gasteiger partial charge is 0.422 e. The lowest BCUT2D eigenvalue weighted by molar-refractivity contribution is -0.140. The lowest BCUT2D eigenvalue weighted by atomic mass is 9.81.